The Morgan fingerprint density at radius 3 is 1.68 bits per heavy atom. The van der Waals surface area contributed by atoms with E-state index in [1.54, 1.807) is 0 Å². The van der Waals surface area contributed by atoms with E-state index in [-0.39, 0.29) is 0 Å². The fraction of sp³-hybridized carbons (Fsp3) is 0. The Morgan fingerprint density at radius 1 is 0.357 bits per heavy atom. The number of nitrogens with zero attached hydrogens (tertiary/aromatic N) is 5. The lowest BCUT2D eigenvalue weighted by atomic mass is 10.00. The average molecular weight is 714 g/mol. The smallest absolute Gasteiger partial charge is 0.166 e. The third-order valence-electron chi connectivity index (χ3n) is 11.3. The summed E-state index contributed by atoms with van der Waals surface area (Å²) in [5.74, 6) is 1.89. The molecule has 0 saturated heterocycles. The van der Waals surface area contributed by atoms with Gasteiger partial charge < -0.3 is 9.13 Å². The van der Waals surface area contributed by atoms with Crippen molar-refractivity contribution in [3.63, 3.8) is 0 Å². The maximum absolute atomic E-state index is 5.26. The highest BCUT2D eigenvalue weighted by molar-refractivity contribution is 6.28. The highest BCUT2D eigenvalue weighted by atomic mass is 15.1. The molecule has 3 aromatic heterocycles. The van der Waals surface area contributed by atoms with Crippen LogP contribution in [0.25, 0.3) is 112 Å². The summed E-state index contributed by atoms with van der Waals surface area (Å²) < 4.78 is 4.87. The van der Waals surface area contributed by atoms with Crippen LogP contribution in [0.4, 0.5) is 0 Å². The van der Waals surface area contributed by atoms with Crippen LogP contribution in [0.5, 0.6) is 0 Å². The monoisotopic (exact) mass is 713 g/mol. The predicted molar refractivity (Wildman–Crippen MR) is 231 cm³/mol. The van der Waals surface area contributed by atoms with Gasteiger partial charge in [0.2, 0.25) is 0 Å². The van der Waals surface area contributed by atoms with Crippen LogP contribution in [-0.4, -0.2) is 24.1 Å². The molecule has 8 aromatic carbocycles. The molecule has 0 spiro atoms. The molecule has 5 heteroatoms. The molecule has 0 atom stereocenters. The summed E-state index contributed by atoms with van der Waals surface area (Å²) in [4.78, 5) is 15.6. The summed E-state index contributed by atoms with van der Waals surface area (Å²) in [6.45, 7) is 0. The highest BCUT2D eigenvalue weighted by Gasteiger charge is 2.26. The van der Waals surface area contributed by atoms with Crippen LogP contribution in [0.2, 0.25) is 0 Å². The number of rotatable bonds is 5. The Kier molecular flexibility index (Phi) is 6.56. The van der Waals surface area contributed by atoms with Crippen LogP contribution >= 0.6 is 0 Å². The van der Waals surface area contributed by atoms with Crippen LogP contribution in [-0.2, 0) is 0 Å². The van der Waals surface area contributed by atoms with Crippen LogP contribution in [0.3, 0.4) is 0 Å². The van der Waals surface area contributed by atoms with Crippen molar-refractivity contribution in [2.75, 3.05) is 0 Å². The van der Waals surface area contributed by atoms with Gasteiger partial charge >= 0.3 is 0 Å². The van der Waals surface area contributed by atoms with E-state index in [0.29, 0.717) is 17.5 Å². The van der Waals surface area contributed by atoms with Crippen molar-refractivity contribution in [1.82, 2.24) is 24.1 Å². The van der Waals surface area contributed by atoms with Gasteiger partial charge in [0, 0.05) is 43.9 Å². The lowest BCUT2D eigenvalue weighted by Crippen LogP contribution is -2.03. The second-order valence-electron chi connectivity index (χ2n) is 14.4. The van der Waals surface area contributed by atoms with E-state index in [0.717, 1.165) is 49.9 Å². The van der Waals surface area contributed by atoms with E-state index in [4.69, 9.17) is 15.0 Å². The van der Waals surface area contributed by atoms with Gasteiger partial charge in [-0.25, -0.2) is 15.0 Å². The van der Waals surface area contributed by atoms with E-state index in [2.05, 4.69) is 161 Å². The topological polar surface area (TPSA) is 48.5 Å². The first kappa shape index (κ1) is 30.8. The van der Waals surface area contributed by atoms with Crippen molar-refractivity contribution >= 4 is 66.5 Å². The van der Waals surface area contributed by atoms with Crippen molar-refractivity contribution in [1.29, 1.82) is 0 Å². The molecule has 0 radical (unpaired) electrons. The largest absolute Gasteiger partial charge is 0.308 e. The molecular formula is C51H31N5. The molecule has 11 aromatic rings. The van der Waals surface area contributed by atoms with Gasteiger partial charge in [-0.15, -0.1) is 0 Å². The third-order valence-corrected chi connectivity index (χ3v) is 11.3. The number of aromatic nitrogens is 5. The van der Waals surface area contributed by atoms with Gasteiger partial charge in [-0.3, -0.25) is 0 Å². The molecule has 0 bridgehead atoms. The summed E-state index contributed by atoms with van der Waals surface area (Å²) in [6.07, 6.45) is 4.54. The number of benzene rings is 8. The Bertz CT molecular complexity index is 3340. The summed E-state index contributed by atoms with van der Waals surface area (Å²) in [7, 11) is 0. The molecule has 0 aliphatic heterocycles. The van der Waals surface area contributed by atoms with Crippen molar-refractivity contribution in [2.45, 2.75) is 0 Å². The minimum atomic E-state index is 0.619. The van der Waals surface area contributed by atoms with Crippen LogP contribution in [0.15, 0.2) is 176 Å². The van der Waals surface area contributed by atoms with Crippen molar-refractivity contribution in [3.8, 4) is 45.5 Å². The molecule has 0 saturated carbocycles. The first-order chi connectivity index (χ1) is 27.8. The van der Waals surface area contributed by atoms with Crippen molar-refractivity contribution < 1.29 is 0 Å². The summed E-state index contributed by atoms with van der Waals surface area (Å²) in [5.41, 5.74) is 11.9. The predicted octanol–water partition coefficient (Wildman–Crippen LogP) is 12.7. The maximum atomic E-state index is 5.26. The first-order valence-electron chi connectivity index (χ1n) is 19.0. The molecule has 56 heavy (non-hydrogen) atoms. The molecule has 5 nitrogen and oxygen atoms in total. The molecule has 3 heterocycles. The van der Waals surface area contributed by atoms with Crippen molar-refractivity contribution in [3.05, 3.63) is 187 Å². The lowest BCUT2D eigenvalue weighted by molar-refractivity contribution is 1.07. The fourth-order valence-corrected chi connectivity index (χ4v) is 8.92. The first-order valence-corrected chi connectivity index (χ1v) is 19.0. The third kappa shape index (κ3) is 4.46. The molecule has 1 aliphatic rings. The fourth-order valence-electron chi connectivity index (χ4n) is 8.92. The quantitative estimate of drug-likeness (QED) is 0.178. The second-order valence-corrected chi connectivity index (χ2v) is 14.4. The number of para-hydroxylation sites is 2. The number of hydrogen-bond acceptors (Lipinski definition) is 3. The van der Waals surface area contributed by atoms with Crippen LogP contribution in [0, 0.1) is 0 Å². The van der Waals surface area contributed by atoms with Gasteiger partial charge in [0.05, 0.1) is 27.8 Å². The van der Waals surface area contributed by atoms with Gasteiger partial charge in [-0.05, 0) is 64.4 Å². The molecule has 0 N–H and O–H groups in total. The van der Waals surface area contributed by atoms with E-state index < -0.39 is 0 Å². The zero-order chi connectivity index (χ0) is 36.7. The molecule has 1 aliphatic carbocycles. The van der Waals surface area contributed by atoms with Gasteiger partial charge in [-0.2, -0.15) is 0 Å². The second kappa shape index (κ2) is 11.9. The molecular weight excluding hydrogens is 683 g/mol. The SMILES string of the molecule is C1=Cc2cccc3c2c2c4c1cccc4ccc2n3-c1ccc(-c2nc(-c3ccccc3)nc(-c3ccccc3)n2)c2c1c1ccccc1n2-c1ccccc1. The van der Waals surface area contributed by atoms with E-state index in [1.807, 2.05) is 36.4 Å². The standard InChI is InChI=1S/C51H31N5/c1-4-14-35(15-5-1)49-52-50(36-16-6-2-7-17-36)54-51(53-49)39-29-31-42(46-38-23-10-11-24-40(38)55(48(39)46)37-21-8-3-9-22-37)56-41-25-13-20-34-27-26-32-18-12-19-33-28-30-43(56)47(44(32)33)45(34)41/h1-31H. The summed E-state index contributed by atoms with van der Waals surface area (Å²) in [5, 5.41) is 7.39. The van der Waals surface area contributed by atoms with Crippen molar-refractivity contribution in [2.24, 2.45) is 0 Å². The highest BCUT2D eigenvalue weighted by Crippen LogP contribution is 2.46. The number of fused-ring (bicyclic) bond motifs is 3. The Balaban J connectivity index is 1.25. The molecule has 12 rings (SSSR count). The van der Waals surface area contributed by atoms with Gasteiger partial charge in [0.15, 0.2) is 17.5 Å². The van der Waals surface area contributed by atoms with Gasteiger partial charge in [0.1, 0.15) is 0 Å². The van der Waals surface area contributed by atoms with Gasteiger partial charge in [0.25, 0.3) is 0 Å². The molecule has 0 unspecified atom stereocenters. The zero-order valence-corrected chi connectivity index (χ0v) is 30.1. The normalized spacial score (nSPS) is 12.2. The van der Waals surface area contributed by atoms with E-state index in [1.165, 1.54) is 43.7 Å². The summed E-state index contributed by atoms with van der Waals surface area (Å²) in [6, 6.07) is 62.1. The van der Waals surface area contributed by atoms with Crippen LogP contribution in [0.1, 0.15) is 11.1 Å². The molecule has 0 amide bonds. The molecule has 260 valence electrons. The molecule has 0 fully saturated rings. The number of hydrogen-bond donors (Lipinski definition) is 0. The minimum Gasteiger partial charge on any atom is -0.308 e. The average Bonchev–Trinajstić information content (AvgIpc) is 3.74. The minimum absolute atomic E-state index is 0.619. The zero-order valence-electron chi connectivity index (χ0n) is 30.1. The summed E-state index contributed by atoms with van der Waals surface area (Å²) >= 11 is 0. The Morgan fingerprint density at radius 2 is 0.946 bits per heavy atom. The lowest BCUT2D eigenvalue weighted by Gasteiger charge is -2.16. The van der Waals surface area contributed by atoms with Crippen LogP contribution < -0.4 is 0 Å². The van der Waals surface area contributed by atoms with E-state index in [9.17, 15) is 0 Å². The van der Waals surface area contributed by atoms with E-state index >= 15 is 0 Å². The Labute approximate surface area is 322 Å². The van der Waals surface area contributed by atoms with Gasteiger partial charge in [-0.1, -0.05) is 146 Å². The maximum Gasteiger partial charge on any atom is 0.166 e. The Hall–Kier alpha value is -7.63.